The van der Waals surface area contributed by atoms with Crippen LogP contribution in [0.25, 0.3) is 0 Å². The van der Waals surface area contributed by atoms with Crippen molar-refractivity contribution in [2.24, 2.45) is 16.2 Å². The summed E-state index contributed by atoms with van der Waals surface area (Å²) in [7, 11) is 0. The van der Waals surface area contributed by atoms with E-state index in [1.165, 1.54) is 0 Å². The predicted octanol–water partition coefficient (Wildman–Crippen LogP) is 4.87. The quantitative estimate of drug-likeness (QED) is 0.670. The number of rotatable bonds is 4. The molecule has 0 aliphatic heterocycles. The SMILES string of the molecule is CC(OC(OCC(C)(C)C)C(C)(C)C)C(C)(C)C. The van der Waals surface area contributed by atoms with E-state index < -0.39 is 0 Å². The van der Waals surface area contributed by atoms with Crippen molar-refractivity contribution in [1.29, 1.82) is 0 Å². The summed E-state index contributed by atoms with van der Waals surface area (Å²) in [5.74, 6) is 0. The molecule has 18 heavy (non-hydrogen) atoms. The molecule has 0 aliphatic carbocycles. The summed E-state index contributed by atoms with van der Waals surface area (Å²) in [6.07, 6.45) is 0.00708. The lowest BCUT2D eigenvalue weighted by atomic mass is 9.89. The van der Waals surface area contributed by atoms with Gasteiger partial charge in [-0.3, -0.25) is 0 Å². The van der Waals surface area contributed by atoms with Gasteiger partial charge in [0.05, 0.1) is 12.7 Å². The summed E-state index contributed by atoms with van der Waals surface area (Å²) >= 11 is 0. The van der Waals surface area contributed by atoms with Gasteiger partial charge in [-0.05, 0) is 17.8 Å². The minimum atomic E-state index is -0.161. The molecule has 0 radical (unpaired) electrons. The normalized spacial score (nSPS) is 17.7. The van der Waals surface area contributed by atoms with Crippen LogP contribution in [0.5, 0.6) is 0 Å². The van der Waals surface area contributed by atoms with Crippen LogP contribution in [0.3, 0.4) is 0 Å². The Kier molecular flexibility index (Phi) is 5.89. The molecule has 0 bridgehead atoms. The van der Waals surface area contributed by atoms with Crippen LogP contribution in [0.4, 0.5) is 0 Å². The van der Waals surface area contributed by atoms with E-state index in [2.05, 4.69) is 69.2 Å². The van der Waals surface area contributed by atoms with Gasteiger partial charge in [0, 0.05) is 5.41 Å². The fourth-order valence-corrected chi connectivity index (χ4v) is 1.21. The van der Waals surface area contributed by atoms with Crippen molar-refractivity contribution in [3.8, 4) is 0 Å². The third-order valence-corrected chi connectivity index (χ3v) is 2.92. The van der Waals surface area contributed by atoms with E-state index in [0.717, 1.165) is 0 Å². The summed E-state index contributed by atoms with van der Waals surface area (Å²) in [6.45, 7) is 22.5. The molecule has 0 aromatic rings. The highest BCUT2D eigenvalue weighted by atomic mass is 16.7. The molecule has 0 saturated carbocycles. The highest BCUT2D eigenvalue weighted by molar-refractivity contribution is 4.75. The van der Waals surface area contributed by atoms with Gasteiger partial charge in [0.1, 0.15) is 0 Å². The topological polar surface area (TPSA) is 18.5 Å². The van der Waals surface area contributed by atoms with Gasteiger partial charge in [-0.15, -0.1) is 0 Å². The smallest absolute Gasteiger partial charge is 0.162 e. The van der Waals surface area contributed by atoms with Crippen molar-refractivity contribution >= 4 is 0 Å². The lowest BCUT2D eigenvalue weighted by Crippen LogP contribution is -2.40. The van der Waals surface area contributed by atoms with E-state index in [4.69, 9.17) is 9.47 Å². The molecular weight excluding hydrogens is 224 g/mol. The van der Waals surface area contributed by atoms with E-state index in [1.54, 1.807) is 0 Å². The first kappa shape index (κ1) is 17.9. The van der Waals surface area contributed by atoms with Crippen LogP contribution >= 0.6 is 0 Å². The molecule has 0 heterocycles. The van der Waals surface area contributed by atoms with Gasteiger partial charge < -0.3 is 9.47 Å². The summed E-state index contributed by atoms with van der Waals surface area (Å²) in [5, 5.41) is 0. The lowest BCUT2D eigenvalue weighted by molar-refractivity contribution is -0.238. The Labute approximate surface area is 114 Å². The fraction of sp³-hybridized carbons (Fsp3) is 1.00. The summed E-state index contributed by atoms with van der Waals surface area (Å²) < 4.78 is 12.2. The van der Waals surface area contributed by atoms with Gasteiger partial charge in [0.2, 0.25) is 0 Å². The van der Waals surface area contributed by atoms with Crippen LogP contribution in [-0.4, -0.2) is 19.0 Å². The Hall–Kier alpha value is -0.0800. The first-order valence-corrected chi connectivity index (χ1v) is 7.00. The monoisotopic (exact) mass is 258 g/mol. The number of hydrogen-bond donors (Lipinski definition) is 0. The molecule has 0 aromatic carbocycles. The average Bonchev–Trinajstić information content (AvgIpc) is 2.06. The van der Waals surface area contributed by atoms with Crippen molar-refractivity contribution < 1.29 is 9.47 Å². The highest BCUT2D eigenvalue weighted by Crippen LogP contribution is 2.31. The summed E-state index contributed by atoms with van der Waals surface area (Å²) in [6, 6.07) is 0. The fourth-order valence-electron chi connectivity index (χ4n) is 1.21. The van der Waals surface area contributed by atoms with Crippen LogP contribution in [0.1, 0.15) is 69.2 Å². The summed E-state index contributed by atoms with van der Waals surface area (Å²) in [5.41, 5.74) is 0.289. The Balaban J connectivity index is 4.63. The predicted molar refractivity (Wildman–Crippen MR) is 78.7 cm³/mol. The molecule has 2 unspecified atom stereocenters. The minimum Gasteiger partial charge on any atom is -0.352 e. The molecule has 0 aliphatic rings. The van der Waals surface area contributed by atoms with Crippen LogP contribution in [0.15, 0.2) is 0 Å². The third-order valence-electron chi connectivity index (χ3n) is 2.92. The van der Waals surface area contributed by atoms with Crippen molar-refractivity contribution in [3.05, 3.63) is 0 Å². The van der Waals surface area contributed by atoms with E-state index in [1.807, 2.05) is 0 Å². The maximum absolute atomic E-state index is 6.15. The van der Waals surface area contributed by atoms with Gasteiger partial charge in [-0.2, -0.15) is 0 Å². The zero-order chi connectivity index (χ0) is 14.8. The molecule has 0 fully saturated rings. The zero-order valence-corrected chi connectivity index (χ0v) is 14.2. The zero-order valence-electron chi connectivity index (χ0n) is 14.2. The Bertz CT molecular complexity index is 237. The van der Waals surface area contributed by atoms with Crippen molar-refractivity contribution in [1.82, 2.24) is 0 Å². The van der Waals surface area contributed by atoms with Crippen LogP contribution < -0.4 is 0 Å². The van der Waals surface area contributed by atoms with Crippen molar-refractivity contribution in [3.63, 3.8) is 0 Å². The highest BCUT2D eigenvalue weighted by Gasteiger charge is 2.32. The van der Waals surface area contributed by atoms with Crippen LogP contribution in [-0.2, 0) is 9.47 Å². The van der Waals surface area contributed by atoms with E-state index in [9.17, 15) is 0 Å². The van der Waals surface area contributed by atoms with Crippen LogP contribution in [0, 0.1) is 16.2 Å². The third kappa shape index (κ3) is 7.38. The number of ether oxygens (including phenoxy) is 2. The van der Waals surface area contributed by atoms with Gasteiger partial charge in [0.25, 0.3) is 0 Å². The second-order valence-corrected chi connectivity index (χ2v) is 8.71. The maximum atomic E-state index is 6.15. The minimum absolute atomic E-state index is 0.00917. The molecular formula is C16H34O2. The molecule has 0 saturated heterocycles. The summed E-state index contributed by atoms with van der Waals surface area (Å²) in [4.78, 5) is 0. The van der Waals surface area contributed by atoms with E-state index in [-0.39, 0.29) is 28.6 Å². The molecule has 2 heteroatoms. The molecule has 110 valence electrons. The first-order chi connectivity index (χ1) is 7.73. The average molecular weight is 258 g/mol. The van der Waals surface area contributed by atoms with E-state index in [0.29, 0.717) is 6.61 Å². The molecule has 0 N–H and O–H groups in total. The lowest BCUT2D eigenvalue weighted by Gasteiger charge is -2.38. The Morgan fingerprint density at radius 1 is 0.778 bits per heavy atom. The second kappa shape index (κ2) is 5.92. The van der Waals surface area contributed by atoms with Gasteiger partial charge in [-0.1, -0.05) is 62.3 Å². The molecule has 0 aromatic heterocycles. The first-order valence-electron chi connectivity index (χ1n) is 7.00. The van der Waals surface area contributed by atoms with Gasteiger partial charge in [-0.25, -0.2) is 0 Å². The van der Waals surface area contributed by atoms with E-state index >= 15 is 0 Å². The molecule has 0 amide bonds. The van der Waals surface area contributed by atoms with Crippen LogP contribution in [0.2, 0.25) is 0 Å². The number of hydrogen-bond acceptors (Lipinski definition) is 2. The maximum Gasteiger partial charge on any atom is 0.162 e. The van der Waals surface area contributed by atoms with Crippen molar-refractivity contribution in [2.75, 3.05) is 6.61 Å². The standard InChI is InChI=1S/C16H34O2/c1-12(15(5,6)7)18-13(16(8,9)10)17-11-14(2,3)4/h12-13H,11H2,1-10H3. The molecule has 0 spiro atoms. The Morgan fingerprint density at radius 3 is 1.50 bits per heavy atom. The van der Waals surface area contributed by atoms with Crippen molar-refractivity contribution in [2.45, 2.75) is 81.6 Å². The molecule has 2 nitrogen and oxygen atoms in total. The molecule has 0 rings (SSSR count). The van der Waals surface area contributed by atoms with Gasteiger partial charge in [0.15, 0.2) is 6.29 Å². The van der Waals surface area contributed by atoms with Gasteiger partial charge >= 0.3 is 0 Å². The molecule has 2 atom stereocenters. The Morgan fingerprint density at radius 2 is 1.22 bits per heavy atom. The largest absolute Gasteiger partial charge is 0.352 e. The second-order valence-electron chi connectivity index (χ2n) is 8.71.